The summed E-state index contributed by atoms with van der Waals surface area (Å²) in [5.41, 5.74) is 1.76. The van der Waals surface area contributed by atoms with Crippen LogP contribution in [0.3, 0.4) is 0 Å². The summed E-state index contributed by atoms with van der Waals surface area (Å²) >= 11 is 1.70. The van der Waals surface area contributed by atoms with Crippen molar-refractivity contribution in [1.29, 1.82) is 0 Å². The van der Waals surface area contributed by atoms with Crippen LogP contribution in [-0.4, -0.2) is 26.7 Å². The molecule has 0 bridgehead atoms. The molecule has 26 heavy (non-hydrogen) atoms. The topological polar surface area (TPSA) is 71.8 Å². The van der Waals surface area contributed by atoms with Crippen LogP contribution in [0.5, 0.6) is 0 Å². The van der Waals surface area contributed by atoms with Gasteiger partial charge in [-0.2, -0.15) is 5.10 Å². The van der Waals surface area contributed by atoms with Crippen LogP contribution in [0.25, 0.3) is 0 Å². The Hall–Kier alpha value is -2.15. The van der Waals surface area contributed by atoms with Gasteiger partial charge in [-0.05, 0) is 47.0 Å². The van der Waals surface area contributed by atoms with E-state index in [9.17, 15) is 4.79 Å². The molecule has 7 heteroatoms. The molecule has 0 spiro atoms. The number of nitrogens with one attached hydrogen (secondary N) is 2. The molecular weight excluding hydrogens is 346 g/mol. The van der Waals surface area contributed by atoms with Gasteiger partial charge in [0.1, 0.15) is 16.4 Å². The number of carbonyl (C=O) groups excluding carboxylic acids is 1. The minimum atomic E-state index is -0.186. The molecule has 1 aliphatic heterocycles. The van der Waals surface area contributed by atoms with Gasteiger partial charge in [-0.1, -0.05) is 11.6 Å². The van der Waals surface area contributed by atoms with Gasteiger partial charge in [-0.25, -0.2) is 9.67 Å². The quantitative estimate of drug-likeness (QED) is 0.806. The van der Waals surface area contributed by atoms with Crippen molar-refractivity contribution in [3.05, 3.63) is 39.5 Å². The molecule has 2 aromatic rings. The van der Waals surface area contributed by atoms with Gasteiger partial charge in [-0.3, -0.25) is 4.79 Å². The summed E-state index contributed by atoms with van der Waals surface area (Å²) in [6.45, 7) is 8.49. The Labute approximate surface area is 157 Å². The maximum Gasteiger partial charge on any atom is 0.256 e. The van der Waals surface area contributed by atoms with E-state index in [4.69, 9.17) is 0 Å². The Bertz CT molecular complexity index is 878. The zero-order valence-corrected chi connectivity index (χ0v) is 16.5. The first kappa shape index (κ1) is 17.3. The third-order valence-electron chi connectivity index (χ3n) is 5.19. The second-order valence-corrected chi connectivity index (χ2v) is 9.27. The molecule has 2 aliphatic rings. The second kappa shape index (κ2) is 6.23. The molecule has 2 atom stereocenters. The standard InChI is InChI=1S/C19H25N5OS/c1-11-5-6-13(7-11)22-17(25)14-10-21-24-16(14)23-15(8-19(24,3)4)18-20-9-12(2)26-18/h5,9-10,13,15,23H,6-8H2,1-4H3,(H,22,25). The molecule has 2 N–H and O–H groups in total. The van der Waals surface area contributed by atoms with Gasteiger partial charge in [0.2, 0.25) is 0 Å². The molecule has 0 fully saturated rings. The highest BCUT2D eigenvalue weighted by molar-refractivity contribution is 7.11. The number of hydrogen-bond donors (Lipinski definition) is 2. The highest BCUT2D eigenvalue weighted by Gasteiger charge is 2.37. The first-order valence-corrected chi connectivity index (χ1v) is 9.89. The summed E-state index contributed by atoms with van der Waals surface area (Å²) < 4.78 is 1.94. The predicted octanol–water partition coefficient (Wildman–Crippen LogP) is 3.78. The number of aryl methyl sites for hydroxylation is 1. The molecule has 0 saturated carbocycles. The normalized spacial score (nSPS) is 23.9. The van der Waals surface area contributed by atoms with Crippen LogP contribution in [0, 0.1) is 6.92 Å². The van der Waals surface area contributed by atoms with Crippen LogP contribution in [0.1, 0.15) is 66.3 Å². The molecule has 1 aliphatic carbocycles. The van der Waals surface area contributed by atoms with Crippen molar-refractivity contribution >= 4 is 23.1 Å². The van der Waals surface area contributed by atoms with E-state index >= 15 is 0 Å². The van der Waals surface area contributed by atoms with Crippen LogP contribution < -0.4 is 10.6 Å². The Kier molecular flexibility index (Phi) is 4.14. The zero-order valence-electron chi connectivity index (χ0n) is 15.7. The first-order valence-electron chi connectivity index (χ1n) is 9.07. The summed E-state index contributed by atoms with van der Waals surface area (Å²) in [7, 11) is 0. The monoisotopic (exact) mass is 371 g/mol. The number of rotatable bonds is 3. The number of thiazole rings is 1. The molecule has 138 valence electrons. The predicted molar refractivity (Wildman–Crippen MR) is 104 cm³/mol. The Balaban J connectivity index is 1.60. The smallest absolute Gasteiger partial charge is 0.256 e. The lowest BCUT2D eigenvalue weighted by atomic mass is 9.93. The van der Waals surface area contributed by atoms with Crippen LogP contribution in [-0.2, 0) is 5.54 Å². The van der Waals surface area contributed by atoms with Crippen molar-refractivity contribution in [1.82, 2.24) is 20.1 Å². The summed E-state index contributed by atoms with van der Waals surface area (Å²) in [6.07, 6.45) is 8.49. The van der Waals surface area contributed by atoms with Crippen molar-refractivity contribution in [3.63, 3.8) is 0 Å². The lowest BCUT2D eigenvalue weighted by Gasteiger charge is -2.37. The fourth-order valence-electron chi connectivity index (χ4n) is 3.87. The Morgan fingerprint density at radius 3 is 2.85 bits per heavy atom. The van der Waals surface area contributed by atoms with Gasteiger partial charge in [0.05, 0.1) is 17.8 Å². The van der Waals surface area contributed by atoms with Crippen molar-refractivity contribution in [3.8, 4) is 0 Å². The maximum atomic E-state index is 12.9. The van der Waals surface area contributed by atoms with Crippen molar-refractivity contribution in [2.45, 2.75) is 64.6 Å². The van der Waals surface area contributed by atoms with E-state index in [0.29, 0.717) is 5.56 Å². The van der Waals surface area contributed by atoms with Gasteiger partial charge < -0.3 is 10.6 Å². The Morgan fingerprint density at radius 1 is 1.38 bits per heavy atom. The van der Waals surface area contributed by atoms with Crippen LogP contribution >= 0.6 is 11.3 Å². The van der Waals surface area contributed by atoms with Crippen LogP contribution in [0.4, 0.5) is 5.82 Å². The number of amides is 1. The minimum Gasteiger partial charge on any atom is -0.360 e. The fourth-order valence-corrected chi connectivity index (χ4v) is 4.69. The minimum absolute atomic E-state index is 0.0568. The lowest BCUT2D eigenvalue weighted by molar-refractivity contribution is 0.0939. The van der Waals surface area contributed by atoms with E-state index in [0.717, 1.165) is 30.1 Å². The zero-order chi connectivity index (χ0) is 18.5. The van der Waals surface area contributed by atoms with Gasteiger partial charge >= 0.3 is 0 Å². The third-order valence-corrected chi connectivity index (χ3v) is 6.22. The van der Waals surface area contributed by atoms with Crippen molar-refractivity contribution < 1.29 is 4.79 Å². The van der Waals surface area contributed by atoms with Gasteiger partial charge in [-0.15, -0.1) is 11.3 Å². The van der Waals surface area contributed by atoms with E-state index in [1.807, 2.05) is 10.9 Å². The summed E-state index contributed by atoms with van der Waals surface area (Å²) in [5.74, 6) is 0.734. The lowest BCUT2D eigenvalue weighted by Crippen LogP contribution is -2.39. The SMILES string of the molecule is CC1=CCC(NC(=O)c2cnn3c2NC(c2ncc(C)s2)CC3(C)C)C1. The molecule has 0 saturated heterocycles. The number of hydrogen-bond acceptors (Lipinski definition) is 5. The molecule has 2 aromatic heterocycles. The first-order chi connectivity index (χ1) is 12.3. The average molecular weight is 372 g/mol. The molecule has 3 heterocycles. The molecule has 4 rings (SSSR count). The molecule has 1 amide bonds. The van der Waals surface area contributed by atoms with Gasteiger partial charge in [0.25, 0.3) is 5.91 Å². The number of aromatic nitrogens is 3. The number of fused-ring (bicyclic) bond motifs is 1. The highest BCUT2D eigenvalue weighted by Crippen LogP contribution is 2.40. The number of carbonyl (C=O) groups is 1. The molecule has 0 radical (unpaired) electrons. The molecule has 2 unspecified atom stereocenters. The van der Waals surface area contributed by atoms with Crippen molar-refractivity contribution in [2.24, 2.45) is 0 Å². The van der Waals surface area contributed by atoms with E-state index in [1.165, 1.54) is 10.5 Å². The van der Waals surface area contributed by atoms with Crippen LogP contribution in [0.15, 0.2) is 24.0 Å². The second-order valence-electron chi connectivity index (χ2n) is 8.00. The average Bonchev–Trinajstić information content (AvgIpc) is 3.27. The molecule has 0 aromatic carbocycles. The van der Waals surface area contributed by atoms with E-state index in [1.54, 1.807) is 17.5 Å². The van der Waals surface area contributed by atoms with Gasteiger partial charge in [0, 0.05) is 17.1 Å². The number of nitrogens with zero attached hydrogens (tertiary/aromatic N) is 3. The van der Waals surface area contributed by atoms with Gasteiger partial charge in [0.15, 0.2) is 0 Å². The maximum absolute atomic E-state index is 12.9. The fraction of sp³-hybridized carbons (Fsp3) is 0.526. The van der Waals surface area contributed by atoms with E-state index < -0.39 is 0 Å². The van der Waals surface area contributed by atoms with E-state index in [-0.39, 0.29) is 23.5 Å². The highest BCUT2D eigenvalue weighted by atomic mass is 32.1. The molecule has 6 nitrogen and oxygen atoms in total. The Morgan fingerprint density at radius 2 is 2.19 bits per heavy atom. The third kappa shape index (κ3) is 3.05. The summed E-state index contributed by atoms with van der Waals surface area (Å²) in [6, 6.07) is 0.280. The largest absolute Gasteiger partial charge is 0.360 e. The van der Waals surface area contributed by atoms with Crippen LogP contribution in [0.2, 0.25) is 0 Å². The van der Waals surface area contributed by atoms with E-state index in [2.05, 4.69) is 54.5 Å². The summed E-state index contributed by atoms with van der Waals surface area (Å²) in [5, 5.41) is 12.2. The molecular formula is C19H25N5OS. The van der Waals surface area contributed by atoms with Crippen molar-refractivity contribution in [2.75, 3.05) is 5.32 Å². The summed E-state index contributed by atoms with van der Waals surface area (Å²) in [4.78, 5) is 18.6. The number of anilines is 1.